The zero-order valence-electron chi connectivity index (χ0n) is 9.39. The van der Waals surface area contributed by atoms with Crippen molar-refractivity contribution < 1.29 is 9.84 Å². The fourth-order valence-corrected chi connectivity index (χ4v) is 1.76. The number of aliphatic hydroxyl groups excluding tert-OH is 1. The van der Waals surface area contributed by atoms with Crippen LogP contribution < -0.4 is 0 Å². The highest BCUT2D eigenvalue weighted by Gasteiger charge is 2.01. The Bertz CT molecular complexity index is 458. The van der Waals surface area contributed by atoms with E-state index in [-0.39, 0.29) is 0 Å². The molecule has 0 amide bonds. The van der Waals surface area contributed by atoms with Crippen molar-refractivity contribution in [2.75, 3.05) is 6.61 Å². The molecule has 2 rings (SSSR count). The van der Waals surface area contributed by atoms with Crippen LogP contribution in [0.3, 0.4) is 0 Å². The Hall–Kier alpha value is -1.38. The predicted molar refractivity (Wildman–Crippen MR) is 65.3 cm³/mol. The van der Waals surface area contributed by atoms with E-state index in [4.69, 9.17) is 9.84 Å². The second kappa shape index (κ2) is 5.10. The summed E-state index contributed by atoms with van der Waals surface area (Å²) in [6.07, 6.45) is -0.407. The van der Waals surface area contributed by atoms with Crippen LogP contribution in [-0.4, -0.2) is 17.8 Å². The van der Waals surface area contributed by atoms with Gasteiger partial charge in [0.2, 0.25) is 0 Å². The van der Waals surface area contributed by atoms with E-state index in [0.717, 1.165) is 0 Å². The van der Waals surface area contributed by atoms with Crippen LogP contribution in [0.25, 0.3) is 10.8 Å². The number of ether oxygens (including phenoxy) is 1. The monoisotopic (exact) mass is 216 g/mol. The second-order valence-corrected chi connectivity index (χ2v) is 4.00. The molecule has 16 heavy (non-hydrogen) atoms. The van der Waals surface area contributed by atoms with Gasteiger partial charge in [0.15, 0.2) is 0 Å². The van der Waals surface area contributed by atoms with Gasteiger partial charge in [0.25, 0.3) is 0 Å². The van der Waals surface area contributed by atoms with Gasteiger partial charge in [-0.1, -0.05) is 42.5 Å². The van der Waals surface area contributed by atoms with Crippen molar-refractivity contribution in [3.8, 4) is 0 Å². The average Bonchev–Trinajstić information content (AvgIpc) is 2.29. The Kier molecular flexibility index (Phi) is 3.54. The molecule has 1 atom stereocenters. The van der Waals surface area contributed by atoms with Gasteiger partial charge in [0.05, 0.1) is 19.3 Å². The molecule has 2 aromatic rings. The molecule has 0 saturated carbocycles. The second-order valence-electron chi connectivity index (χ2n) is 4.00. The van der Waals surface area contributed by atoms with Gasteiger partial charge in [-0.2, -0.15) is 0 Å². The molecule has 0 saturated heterocycles. The van der Waals surface area contributed by atoms with Gasteiger partial charge < -0.3 is 9.84 Å². The number of hydrogen-bond donors (Lipinski definition) is 1. The molecule has 0 aliphatic carbocycles. The molecule has 0 radical (unpaired) electrons. The molecule has 0 aliphatic heterocycles. The Morgan fingerprint density at radius 3 is 2.69 bits per heavy atom. The number of benzene rings is 2. The maximum absolute atomic E-state index is 9.12. The highest BCUT2D eigenvalue weighted by molar-refractivity contribution is 5.85. The molecule has 0 heterocycles. The highest BCUT2D eigenvalue weighted by Crippen LogP contribution is 2.19. The lowest BCUT2D eigenvalue weighted by Gasteiger charge is -2.08. The quantitative estimate of drug-likeness (QED) is 0.851. The van der Waals surface area contributed by atoms with Crippen LogP contribution in [0, 0.1) is 0 Å². The molecule has 0 bridgehead atoms. The van der Waals surface area contributed by atoms with E-state index in [9.17, 15) is 0 Å². The van der Waals surface area contributed by atoms with Gasteiger partial charge in [-0.25, -0.2) is 0 Å². The minimum absolute atomic E-state index is 0.378. The lowest BCUT2D eigenvalue weighted by molar-refractivity contribution is 0.0380. The summed E-state index contributed by atoms with van der Waals surface area (Å²) in [7, 11) is 0. The normalized spacial score (nSPS) is 12.9. The zero-order valence-corrected chi connectivity index (χ0v) is 9.39. The Morgan fingerprint density at radius 1 is 1.12 bits per heavy atom. The van der Waals surface area contributed by atoms with Gasteiger partial charge in [-0.05, 0) is 23.3 Å². The molecule has 1 N–H and O–H groups in total. The van der Waals surface area contributed by atoms with Crippen LogP contribution in [0.2, 0.25) is 0 Å². The molecule has 2 nitrogen and oxygen atoms in total. The maximum Gasteiger partial charge on any atom is 0.0745 e. The first-order valence-corrected chi connectivity index (χ1v) is 5.50. The third-order valence-electron chi connectivity index (χ3n) is 2.50. The fourth-order valence-electron chi connectivity index (χ4n) is 1.76. The summed E-state index contributed by atoms with van der Waals surface area (Å²) in [5.74, 6) is 0. The first-order valence-electron chi connectivity index (χ1n) is 5.50. The molecule has 2 heteroatoms. The average molecular weight is 216 g/mol. The third-order valence-corrected chi connectivity index (χ3v) is 2.50. The number of fused-ring (bicyclic) bond motifs is 1. The SMILES string of the molecule is CC(O)COCc1cccc2ccccc12. The van der Waals surface area contributed by atoms with Crippen LogP contribution >= 0.6 is 0 Å². The molecule has 1 unspecified atom stereocenters. The standard InChI is InChI=1S/C14H16O2/c1-11(15)9-16-10-13-7-4-6-12-5-2-3-8-14(12)13/h2-8,11,15H,9-10H2,1H3. The van der Waals surface area contributed by atoms with Crippen molar-refractivity contribution >= 4 is 10.8 Å². The van der Waals surface area contributed by atoms with Crippen molar-refractivity contribution in [2.45, 2.75) is 19.6 Å². The van der Waals surface area contributed by atoms with Gasteiger partial charge in [0, 0.05) is 0 Å². The molecular formula is C14H16O2. The largest absolute Gasteiger partial charge is 0.391 e. The smallest absolute Gasteiger partial charge is 0.0745 e. The Labute approximate surface area is 95.5 Å². The van der Waals surface area contributed by atoms with Crippen LogP contribution in [0.1, 0.15) is 12.5 Å². The molecule has 0 fully saturated rings. The topological polar surface area (TPSA) is 29.5 Å². The van der Waals surface area contributed by atoms with E-state index < -0.39 is 6.10 Å². The molecule has 0 aromatic heterocycles. The van der Waals surface area contributed by atoms with Crippen LogP contribution in [0.4, 0.5) is 0 Å². The van der Waals surface area contributed by atoms with E-state index in [1.807, 2.05) is 18.2 Å². The molecule has 2 aromatic carbocycles. The lowest BCUT2D eigenvalue weighted by atomic mass is 10.1. The summed E-state index contributed by atoms with van der Waals surface area (Å²) in [6.45, 7) is 2.65. The van der Waals surface area contributed by atoms with E-state index in [2.05, 4.69) is 24.3 Å². The van der Waals surface area contributed by atoms with Gasteiger partial charge in [-0.3, -0.25) is 0 Å². The third kappa shape index (κ3) is 2.60. The molecule has 84 valence electrons. The first kappa shape index (κ1) is 11.1. The first-order chi connectivity index (χ1) is 7.77. The number of rotatable bonds is 4. The lowest BCUT2D eigenvalue weighted by Crippen LogP contribution is -2.10. The van der Waals surface area contributed by atoms with Gasteiger partial charge in [-0.15, -0.1) is 0 Å². The molecule has 0 aliphatic rings. The summed E-state index contributed by atoms with van der Waals surface area (Å²) in [5.41, 5.74) is 1.17. The Morgan fingerprint density at radius 2 is 1.88 bits per heavy atom. The van der Waals surface area contributed by atoms with E-state index >= 15 is 0 Å². The van der Waals surface area contributed by atoms with E-state index in [0.29, 0.717) is 13.2 Å². The van der Waals surface area contributed by atoms with Crippen molar-refractivity contribution in [3.05, 3.63) is 48.0 Å². The van der Waals surface area contributed by atoms with Crippen molar-refractivity contribution in [1.82, 2.24) is 0 Å². The fraction of sp³-hybridized carbons (Fsp3) is 0.286. The van der Waals surface area contributed by atoms with Gasteiger partial charge in [0.1, 0.15) is 0 Å². The van der Waals surface area contributed by atoms with E-state index in [1.54, 1.807) is 6.92 Å². The molecular weight excluding hydrogens is 200 g/mol. The predicted octanol–water partition coefficient (Wildman–Crippen LogP) is 2.74. The van der Waals surface area contributed by atoms with Crippen LogP contribution in [0.5, 0.6) is 0 Å². The van der Waals surface area contributed by atoms with Crippen molar-refractivity contribution in [3.63, 3.8) is 0 Å². The van der Waals surface area contributed by atoms with Crippen molar-refractivity contribution in [2.24, 2.45) is 0 Å². The molecule has 0 spiro atoms. The zero-order chi connectivity index (χ0) is 11.4. The van der Waals surface area contributed by atoms with Crippen molar-refractivity contribution in [1.29, 1.82) is 0 Å². The number of hydrogen-bond acceptors (Lipinski definition) is 2. The van der Waals surface area contributed by atoms with Gasteiger partial charge >= 0.3 is 0 Å². The minimum Gasteiger partial charge on any atom is -0.391 e. The number of aliphatic hydroxyl groups is 1. The summed E-state index contributed by atoms with van der Waals surface area (Å²) < 4.78 is 5.44. The summed E-state index contributed by atoms with van der Waals surface area (Å²) in [6, 6.07) is 14.4. The van der Waals surface area contributed by atoms with Crippen LogP contribution in [-0.2, 0) is 11.3 Å². The Balaban J connectivity index is 2.17. The summed E-state index contributed by atoms with van der Waals surface area (Å²) in [5, 5.41) is 11.6. The van der Waals surface area contributed by atoms with E-state index in [1.165, 1.54) is 16.3 Å². The highest BCUT2D eigenvalue weighted by atomic mass is 16.5. The summed E-state index contributed by atoms with van der Waals surface area (Å²) >= 11 is 0. The van der Waals surface area contributed by atoms with Crippen LogP contribution in [0.15, 0.2) is 42.5 Å². The summed E-state index contributed by atoms with van der Waals surface area (Å²) in [4.78, 5) is 0. The maximum atomic E-state index is 9.12. The minimum atomic E-state index is -0.407.